The number of hydrogen-bond donors (Lipinski definition) is 0. The minimum absolute atomic E-state index is 0.772. The van der Waals surface area contributed by atoms with E-state index in [1.54, 1.807) is 12.4 Å². The number of likely N-dealkylation sites (tertiary alicyclic amines) is 2. The number of ether oxygens (including phenoxy) is 1. The van der Waals surface area contributed by atoms with E-state index in [9.17, 15) is 0 Å². The second-order valence-electron chi connectivity index (χ2n) is 6.68. The predicted octanol–water partition coefficient (Wildman–Crippen LogP) is 4.42. The highest BCUT2D eigenvalue weighted by molar-refractivity contribution is 9.10. The highest BCUT2D eigenvalue weighted by Gasteiger charge is 2.10. The van der Waals surface area contributed by atoms with Crippen LogP contribution >= 0.6 is 27.5 Å². The van der Waals surface area contributed by atoms with Gasteiger partial charge in [-0.05, 0) is 93.2 Å². The first kappa shape index (κ1) is 20.9. The standard InChI is InChI=1S/C12H17BrN2O.C7H14ClN/c13-11-8-12(10-14-9-11)16-7-3-6-15-4-1-2-5-15;8-4-3-7-9-5-1-2-6-9/h8-10H,1-7H2;1-7H2. The molecule has 3 rings (SSSR count). The number of pyridine rings is 1. The Hall–Kier alpha value is -0.360. The molecule has 0 unspecified atom stereocenters. The molecule has 6 heteroatoms. The number of aromatic nitrogens is 1. The van der Waals surface area contributed by atoms with Crippen LogP contribution in [-0.4, -0.2) is 66.5 Å². The summed E-state index contributed by atoms with van der Waals surface area (Å²) < 4.78 is 6.59. The first-order valence-corrected chi connectivity index (χ1v) is 10.8. The quantitative estimate of drug-likeness (QED) is 0.449. The van der Waals surface area contributed by atoms with Crippen LogP contribution in [0, 0.1) is 0 Å². The van der Waals surface area contributed by atoms with E-state index in [2.05, 4.69) is 30.7 Å². The maximum atomic E-state index is 5.63. The third kappa shape index (κ3) is 9.23. The molecule has 1 aromatic rings. The third-order valence-electron chi connectivity index (χ3n) is 4.57. The van der Waals surface area contributed by atoms with Gasteiger partial charge in [0.25, 0.3) is 0 Å². The van der Waals surface area contributed by atoms with E-state index in [1.165, 1.54) is 58.4 Å². The predicted molar refractivity (Wildman–Crippen MR) is 109 cm³/mol. The zero-order chi connectivity index (χ0) is 17.7. The number of halogens is 2. The fraction of sp³-hybridized carbons (Fsp3) is 0.737. The number of nitrogens with zero attached hydrogens (tertiary/aromatic N) is 3. The Morgan fingerprint density at radius 3 is 2.12 bits per heavy atom. The molecule has 2 aliphatic heterocycles. The summed E-state index contributed by atoms with van der Waals surface area (Å²) in [5.41, 5.74) is 0. The van der Waals surface area contributed by atoms with Crippen molar-refractivity contribution in [1.82, 2.24) is 14.8 Å². The van der Waals surface area contributed by atoms with Crippen molar-refractivity contribution in [3.63, 3.8) is 0 Å². The molecule has 1 aromatic heterocycles. The SMILES string of the molecule is Brc1cncc(OCCCN2CCCC2)c1.ClCCCN1CCCC1. The van der Waals surface area contributed by atoms with Crippen molar-refractivity contribution in [2.24, 2.45) is 0 Å². The minimum Gasteiger partial charge on any atom is -0.492 e. The lowest BCUT2D eigenvalue weighted by atomic mass is 10.4. The molecule has 0 atom stereocenters. The number of rotatable bonds is 8. The van der Waals surface area contributed by atoms with Gasteiger partial charge in [0.1, 0.15) is 5.75 Å². The van der Waals surface area contributed by atoms with Gasteiger partial charge in [0.15, 0.2) is 0 Å². The van der Waals surface area contributed by atoms with Gasteiger partial charge in [-0.25, -0.2) is 0 Å². The van der Waals surface area contributed by atoms with Crippen molar-refractivity contribution < 1.29 is 4.74 Å². The molecule has 0 bridgehead atoms. The van der Waals surface area contributed by atoms with Crippen molar-refractivity contribution in [2.45, 2.75) is 38.5 Å². The van der Waals surface area contributed by atoms with Crippen molar-refractivity contribution in [2.75, 3.05) is 51.8 Å². The molecule has 0 radical (unpaired) electrons. The van der Waals surface area contributed by atoms with E-state index < -0.39 is 0 Å². The summed E-state index contributed by atoms with van der Waals surface area (Å²) in [6, 6.07) is 1.95. The van der Waals surface area contributed by atoms with Crippen molar-refractivity contribution in [3.8, 4) is 5.75 Å². The molecular weight excluding hydrogens is 402 g/mol. The summed E-state index contributed by atoms with van der Waals surface area (Å²) in [7, 11) is 0. The fourth-order valence-electron chi connectivity index (χ4n) is 3.25. The summed E-state index contributed by atoms with van der Waals surface area (Å²) in [5.74, 6) is 1.66. The van der Waals surface area contributed by atoms with Gasteiger partial charge in [-0.1, -0.05) is 0 Å². The number of alkyl halides is 1. The van der Waals surface area contributed by atoms with Gasteiger partial charge in [0.2, 0.25) is 0 Å². The monoisotopic (exact) mass is 431 g/mol. The van der Waals surface area contributed by atoms with Gasteiger partial charge >= 0.3 is 0 Å². The summed E-state index contributed by atoms with van der Waals surface area (Å²) in [5, 5.41) is 0. The Morgan fingerprint density at radius 1 is 0.960 bits per heavy atom. The minimum atomic E-state index is 0.772. The first-order valence-electron chi connectivity index (χ1n) is 9.52. The Labute approximate surface area is 166 Å². The van der Waals surface area contributed by atoms with Crippen LogP contribution < -0.4 is 4.74 Å². The molecule has 0 aliphatic carbocycles. The Balaban J connectivity index is 0.000000212. The average molecular weight is 433 g/mol. The van der Waals surface area contributed by atoms with Crippen molar-refractivity contribution in [1.29, 1.82) is 0 Å². The molecule has 0 N–H and O–H groups in total. The van der Waals surface area contributed by atoms with Gasteiger partial charge < -0.3 is 14.5 Å². The molecular formula is C19H31BrClN3O. The van der Waals surface area contributed by atoms with Crippen LogP contribution in [0.1, 0.15) is 38.5 Å². The molecule has 0 aromatic carbocycles. The van der Waals surface area contributed by atoms with Crippen molar-refractivity contribution in [3.05, 3.63) is 22.9 Å². The molecule has 0 saturated carbocycles. The fourth-order valence-corrected chi connectivity index (χ4v) is 3.71. The van der Waals surface area contributed by atoms with Gasteiger partial charge in [-0.3, -0.25) is 4.98 Å². The van der Waals surface area contributed by atoms with E-state index >= 15 is 0 Å². The molecule has 2 fully saturated rings. The smallest absolute Gasteiger partial charge is 0.138 e. The Bertz CT molecular complexity index is 466. The summed E-state index contributed by atoms with van der Waals surface area (Å²) in [6.45, 7) is 8.27. The maximum Gasteiger partial charge on any atom is 0.138 e. The van der Waals surface area contributed by atoms with Gasteiger partial charge in [0, 0.05) is 23.1 Å². The second-order valence-corrected chi connectivity index (χ2v) is 7.97. The zero-order valence-electron chi connectivity index (χ0n) is 15.1. The molecule has 25 heavy (non-hydrogen) atoms. The Morgan fingerprint density at radius 2 is 1.56 bits per heavy atom. The molecule has 0 amide bonds. The zero-order valence-corrected chi connectivity index (χ0v) is 17.5. The normalized spacial score (nSPS) is 18.2. The van der Waals surface area contributed by atoms with Crippen LogP contribution in [0.3, 0.4) is 0 Å². The summed E-state index contributed by atoms with van der Waals surface area (Å²) >= 11 is 8.93. The van der Waals surface area contributed by atoms with E-state index in [1.807, 2.05) is 6.07 Å². The molecule has 2 saturated heterocycles. The number of hydrogen-bond acceptors (Lipinski definition) is 4. The van der Waals surface area contributed by atoms with Crippen LogP contribution in [0.15, 0.2) is 22.9 Å². The highest BCUT2D eigenvalue weighted by atomic mass is 79.9. The molecule has 0 spiro atoms. The summed E-state index contributed by atoms with van der Waals surface area (Å²) in [4.78, 5) is 9.05. The van der Waals surface area contributed by atoms with Crippen molar-refractivity contribution >= 4 is 27.5 Å². The topological polar surface area (TPSA) is 28.6 Å². The first-order chi connectivity index (χ1) is 12.3. The third-order valence-corrected chi connectivity index (χ3v) is 5.27. The lowest BCUT2D eigenvalue weighted by Crippen LogP contribution is -2.21. The molecule has 142 valence electrons. The lowest BCUT2D eigenvalue weighted by molar-refractivity contribution is 0.262. The summed E-state index contributed by atoms with van der Waals surface area (Å²) in [6.07, 6.45) is 11.3. The average Bonchev–Trinajstić information content (AvgIpc) is 3.31. The van der Waals surface area contributed by atoms with E-state index in [0.717, 1.165) is 42.1 Å². The lowest BCUT2D eigenvalue weighted by Gasteiger charge is -2.14. The van der Waals surface area contributed by atoms with Crippen LogP contribution in [0.2, 0.25) is 0 Å². The molecule has 4 nitrogen and oxygen atoms in total. The van der Waals surface area contributed by atoms with Gasteiger partial charge in [-0.2, -0.15) is 0 Å². The van der Waals surface area contributed by atoms with Gasteiger partial charge in [-0.15, -0.1) is 11.6 Å². The molecule has 3 heterocycles. The van der Waals surface area contributed by atoms with E-state index in [0.29, 0.717) is 0 Å². The molecule has 2 aliphatic rings. The highest BCUT2D eigenvalue weighted by Crippen LogP contribution is 2.16. The van der Waals surface area contributed by atoms with Crippen LogP contribution in [0.5, 0.6) is 5.75 Å². The van der Waals surface area contributed by atoms with E-state index in [4.69, 9.17) is 16.3 Å². The van der Waals surface area contributed by atoms with Crippen LogP contribution in [0.25, 0.3) is 0 Å². The van der Waals surface area contributed by atoms with Crippen LogP contribution in [0.4, 0.5) is 0 Å². The maximum absolute atomic E-state index is 5.63. The second kappa shape index (κ2) is 12.9. The van der Waals surface area contributed by atoms with Crippen LogP contribution in [-0.2, 0) is 0 Å². The van der Waals surface area contributed by atoms with Gasteiger partial charge in [0.05, 0.1) is 12.8 Å². The van der Waals surface area contributed by atoms with E-state index in [-0.39, 0.29) is 0 Å². The largest absolute Gasteiger partial charge is 0.492 e. The Kier molecular flexibility index (Phi) is 10.8.